The Morgan fingerprint density at radius 3 is 2.00 bits per heavy atom. The van der Waals surface area contributed by atoms with Crippen LogP contribution in [-0.2, 0) is 28.5 Å². The number of rotatable bonds is 6. The van der Waals surface area contributed by atoms with Crippen LogP contribution in [0.2, 0.25) is 0 Å². The molecule has 0 aromatic rings. The van der Waals surface area contributed by atoms with Gasteiger partial charge in [-0.1, -0.05) is 0 Å². The van der Waals surface area contributed by atoms with Gasteiger partial charge in [-0.3, -0.25) is 9.59 Å². The molecule has 0 aliphatic carbocycles. The second kappa shape index (κ2) is 8.39. The molecule has 1 rings (SSSR count). The van der Waals surface area contributed by atoms with Gasteiger partial charge < -0.3 is 34.3 Å². The van der Waals surface area contributed by atoms with Gasteiger partial charge in [0.2, 0.25) is 0 Å². The van der Waals surface area contributed by atoms with Gasteiger partial charge in [-0.2, -0.15) is 0 Å². The minimum atomic E-state index is -1.46. The Balaban J connectivity index is 2.71. The molecule has 5 atom stereocenters. The van der Waals surface area contributed by atoms with Crippen LogP contribution < -0.4 is 0 Å². The van der Waals surface area contributed by atoms with Crippen LogP contribution in [0.1, 0.15) is 12.8 Å². The first kappa shape index (κ1) is 18.8. The molecule has 0 saturated carbocycles. The summed E-state index contributed by atoms with van der Waals surface area (Å²) in [6.07, 6.45) is -6.22. The lowest BCUT2D eigenvalue weighted by molar-refractivity contribution is -0.291. The fourth-order valence-electron chi connectivity index (χ4n) is 2.30. The van der Waals surface area contributed by atoms with E-state index in [1.165, 1.54) is 7.11 Å². The predicted octanol–water partition coefficient (Wildman–Crippen LogP) is -1.82. The molecule has 1 heterocycles. The number of esters is 2. The molecular formula is C13H22O9. The minimum Gasteiger partial charge on any atom is -0.468 e. The zero-order valence-electron chi connectivity index (χ0n) is 12.7. The molecule has 5 unspecified atom stereocenters. The molecule has 3 N–H and O–H groups in total. The van der Waals surface area contributed by atoms with Crippen molar-refractivity contribution in [2.75, 3.05) is 21.3 Å². The maximum Gasteiger partial charge on any atom is 0.320 e. The molecule has 1 saturated heterocycles. The Morgan fingerprint density at radius 2 is 1.55 bits per heavy atom. The van der Waals surface area contributed by atoms with E-state index in [0.29, 0.717) is 0 Å². The van der Waals surface area contributed by atoms with Crippen molar-refractivity contribution in [3.8, 4) is 0 Å². The van der Waals surface area contributed by atoms with Crippen LogP contribution in [0.4, 0.5) is 0 Å². The van der Waals surface area contributed by atoms with Gasteiger partial charge in [-0.25, -0.2) is 0 Å². The summed E-state index contributed by atoms with van der Waals surface area (Å²) in [5, 5.41) is 29.3. The summed E-state index contributed by atoms with van der Waals surface area (Å²) in [4.78, 5) is 23.1. The Bertz CT molecular complexity index is 368. The van der Waals surface area contributed by atoms with E-state index >= 15 is 0 Å². The third kappa shape index (κ3) is 4.14. The van der Waals surface area contributed by atoms with Gasteiger partial charge in [-0.15, -0.1) is 0 Å². The van der Waals surface area contributed by atoms with Crippen LogP contribution in [0.25, 0.3) is 0 Å². The van der Waals surface area contributed by atoms with Crippen molar-refractivity contribution in [2.24, 2.45) is 5.92 Å². The van der Waals surface area contributed by atoms with Crippen molar-refractivity contribution >= 4 is 11.9 Å². The van der Waals surface area contributed by atoms with Crippen molar-refractivity contribution < 1.29 is 43.9 Å². The Morgan fingerprint density at radius 1 is 1.00 bits per heavy atom. The highest BCUT2D eigenvalue weighted by molar-refractivity contribution is 5.94. The van der Waals surface area contributed by atoms with Gasteiger partial charge in [0, 0.05) is 7.11 Å². The zero-order chi connectivity index (χ0) is 16.9. The maximum atomic E-state index is 11.6. The molecule has 1 fully saturated rings. The molecule has 9 nitrogen and oxygen atoms in total. The molecule has 0 spiro atoms. The van der Waals surface area contributed by atoms with Crippen LogP contribution in [-0.4, -0.2) is 79.3 Å². The number of methoxy groups -OCH3 is 3. The monoisotopic (exact) mass is 322 g/mol. The van der Waals surface area contributed by atoms with Crippen molar-refractivity contribution in [3.63, 3.8) is 0 Å². The van der Waals surface area contributed by atoms with Crippen LogP contribution >= 0.6 is 0 Å². The fourth-order valence-corrected chi connectivity index (χ4v) is 2.30. The number of carbonyl (C=O) groups excluding carboxylic acids is 2. The number of hydrogen-bond acceptors (Lipinski definition) is 9. The summed E-state index contributed by atoms with van der Waals surface area (Å²) in [6.45, 7) is 0. The van der Waals surface area contributed by atoms with E-state index in [2.05, 4.69) is 9.47 Å². The van der Waals surface area contributed by atoms with Crippen LogP contribution in [0.5, 0.6) is 0 Å². The summed E-state index contributed by atoms with van der Waals surface area (Å²) in [7, 11) is 3.57. The van der Waals surface area contributed by atoms with Gasteiger partial charge in [0.1, 0.15) is 18.3 Å². The Kier molecular flexibility index (Phi) is 7.17. The smallest absolute Gasteiger partial charge is 0.320 e. The van der Waals surface area contributed by atoms with E-state index in [1.54, 1.807) is 0 Å². The van der Waals surface area contributed by atoms with E-state index in [0.717, 1.165) is 14.2 Å². The molecule has 0 aromatic carbocycles. The molecule has 9 heteroatoms. The van der Waals surface area contributed by atoms with Crippen molar-refractivity contribution in [3.05, 3.63) is 0 Å². The molecule has 0 amide bonds. The Labute approximate surface area is 127 Å². The molecule has 128 valence electrons. The van der Waals surface area contributed by atoms with Gasteiger partial charge >= 0.3 is 11.9 Å². The second-order valence-electron chi connectivity index (χ2n) is 4.93. The lowest BCUT2D eigenvalue weighted by atomic mass is 9.92. The van der Waals surface area contributed by atoms with Crippen molar-refractivity contribution in [1.82, 2.24) is 0 Å². The lowest BCUT2D eigenvalue weighted by Crippen LogP contribution is -2.58. The number of hydrogen-bond donors (Lipinski definition) is 3. The van der Waals surface area contributed by atoms with Crippen LogP contribution in [0.3, 0.4) is 0 Å². The first-order chi connectivity index (χ1) is 10.4. The standard InChI is InChI=1S/C13H22O9/c1-19-11(17)6(12(18)20-2)4-5-7-8(14)9(15)10(16)13(21-3)22-7/h6-10,13-16H,4-5H2,1-3H3. The lowest BCUT2D eigenvalue weighted by Gasteiger charge is -2.40. The third-order valence-electron chi connectivity index (χ3n) is 3.61. The van der Waals surface area contributed by atoms with Gasteiger partial charge in [0.25, 0.3) is 0 Å². The van der Waals surface area contributed by atoms with Gasteiger partial charge in [0.05, 0.1) is 20.3 Å². The highest BCUT2D eigenvalue weighted by atomic mass is 16.7. The number of carbonyl (C=O) groups is 2. The van der Waals surface area contributed by atoms with E-state index < -0.39 is 48.6 Å². The summed E-state index contributed by atoms with van der Waals surface area (Å²) in [5.41, 5.74) is 0. The number of ether oxygens (including phenoxy) is 4. The molecule has 0 radical (unpaired) electrons. The molecular weight excluding hydrogens is 300 g/mol. The van der Waals surface area contributed by atoms with Gasteiger partial charge in [0.15, 0.2) is 12.2 Å². The minimum absolute atomic E-state index is 0.0136. The first-order valence-corrected chi connectivity index (χ1v) is 6.75. The van der Waals surface area contributed by atoms with E-state index in [4.69, 9.17) is 9.47 Å². The average Bonchev–Trinajstić information content (AvgIpc) is 2.53. The average molecular weight is 322 g/mol. The number of aliphatic hydroxyl groups excluding tert-OH is 3. The maximum absolute atomic E-state index is 11.6. The van der Waals surface area contributed by atoms with Crippen LogP contribution in [0.15, 0.2) is 0 Å². The van der Waals surface area contributed by atoms with Crippen molar-refractivity contribution in [2.45, 2.75) is 43.5 Å². The van der Waals surface area contributed by atoms with E-state index in [9.17, 15) is 24.9 Å². The molecule has 0 bridgehead atoms. The largest absolute Gasteiger partial charge is 0.468 e. The SMILES string of the molecule is COC(=O)C(CCC1OC(OC)C(O)C(O)C1O)C(=O)OC. The fraction of sp³-hybridized carbons (Fsp3) is 0.846. The second-order valence-corrected chi connectivity index (χ2v) is 4.93. The highest BCUT2D eigenvalue weighted by Crippen LogP contribution is 2.26. The molecule has 1 aliphatic rings. The number of aliphatic hydroxyl groups is 3. The summed E-state index contributed by atoms with van der Waals surface area (Å²) in [5.74, 6) is -2.68. The van der Waals surface area contributed by atoms with Crippen LogP contribution in [0, 0.1) is 5.92 Å². The summed E-state index contributed by atoms with van der Waals surface area (Å²) < 4.78 is 19.2. The third-order valence-corrected chi connectivity index (χ3v) is 3.61. The normalized spacial score (nSPS) is 31.9. The van der Waals surface area contributed by atoms with Crippen molar-refractivity contribution in [1.29, 1.82) is 0 Å². The predicted molar refractivity (Wildman–Crippen MR) is 70.4 cm³/mol. The van der Waals surface area contributed by atoms with Gasteiger partial charge in [-0.05, 0) is 12.8 Å². The molecule has 1 aliphatic heterocycles. The zero-order valence-corrected chi connectivity index (χ0v) is 12.7. The van der Waals surface area contributed by atoms with E-state index in [1.807, 2.05) is 0 Å². The highest BCUT2D eigenvalue weighted by Gasteiger charge is 2.44. The molecule has 0 aromatic heterocycles. The van der Waals surface area contributed by atoms with E-state index in [-0.39, 0.29) is 12.8 Å². The molecule has 22 heavy (non-hydrogen) atoms. The Hall–Kier alpha value is -1.26. The topological polar surface area (TPSA) is 132 Å². The quantitative estimate of drug-likeness (QED) is 0.382. The first-order valence-electron chi connectivity index (χ1n) is 6.75. The summed E-state index contributed by atoms with van der Waals surface area (Å²) in [6, 6.07) is 0. The summed E-state index contributed by atoms with van der Waals surface area (Å²) >= 11 is 0.